The van der Waals surface area contributed by atoms with Gasteiger partial charge in [-0.05, 0) is 105 Å². The minimum Gasteiger partial charge on any atom is -0.350 e. The van der Waals surface area contributed by atoms with Crippen molar-refractivity contribution in [2.45, 2.75) is 82.7 Å². The Morgan fingerprint density at radius 1 is 0.851 bits per heavy atom. The lowest BCUT2D eigenvalue weighted by Crippen LogP contribution is -2.54. The summed E-state index contributed by atoms with van der Waals surface area (Å²) in [6.45, 7) is 0.703. The first-order chi connectivity index (χ1) is 22.8. The maximum atomic E-state index is 14.4. The minimum absolute atomic E-state index is 0.000394. The standard InChI is InChI=1S/C39H51N5O3/c40-16-7-6-14-34(41)38(47)42-32(20-27-9-2-1-3-10-27)25-44(26-36(45)43-35-15-8-12-31-11-4-5-13-33(31)35)37(46)24-39-21-28-17-29(22-39)19-30(18-28)23-39/h1-5,8-13,15,28-30,32,34H,6-7,14,16-26,40-41H2,(H,42,47)(H,43,45)/t28?,29?,30?,32-,34-,39?/m0/s1. The van der Waals surface area contributed by atoms with E-state index in [1.807, 2.05) is 72.8 Å². The van der Waals surface area contributed by atoms with Gasteiger partial charge in [0.15, 0.2) is 0 Å². The molecule has 3 amide bonds. The van der Waals surface area contributed by atoms with Gasteiger partial charge < -0.3 is 27.0 Å². The van der Waals surface area contributed by atoms with E-state index in [-0.39, 0.29) is 36.2 Å². The molecule has 4 bridgehead atoms. The zero-order valence-electron chi connectivity index (χ0n) is 27.5. The van der Waals surface area contributed by atoms with Crippen LogP contribution in [0.1, 0.15) is 69.8 Å². The summed E-state index contributed by atoms with van der Waals surface area (Å²) in [4.78, 5) is 43.2. The third-order valence-electron chi connectivity index (χ3n) is 10.9. The summed E-state index contributed by atoms with van der Waals surface area (Å²) in [5.41, 5.74) is 13.7. The first kappa shape index (κ1) is 33.2. The highest BCUT2D eigenvalue weighted by atomic mass is 16.2. The molecule has 0 radical (unpaired) electrons. The number of nitrogens with one attached hydrogen (secondary N) is 2. The number of amides is 3. The Kier molecular flexibility index (Phi) is 10.6. The molecule has 0 heterocycles. The summed E-state index contributed by atoms with van der Waals surface area (Å²) < 4.78 is 0. The van der Waals surface area contributed by atoms with Gasteiger partial charge in [-0.3, -0.25) is 14.4 Å². The van der Waals surface area contributed by atoms with Gasteiger partial charge >= 0.3 is 0 Å². The molecular formula is C39H51N5O3. The molecule has 8 heteroatoms. The van der Waals surface area contributed by atoms with Crippen LogP contribution in [-0.2, 0) is 20.8 Å². The van der Waals surface area contributed by atoms with Gasteiger partial charge in [0.1, 0.15) is 0 Å². The van der Waals surface area contributed by atoms with Crippen LogP contribution >= 0.6 is 0 Å². The molecule has 0 unspecified atom stereocenters. The van der Waals surface area contributed by atoms with Crippen LogP contribution in [0.2, 0.25) is 0 Å². The van der Waals surface area contributed by atoms with Gasteiger partial charge in [0, 0.05) is 24.0 Å². The molecule has 0 spiro atoms. The number of nitrogens with zero attached hydrogens (tertiary/aromatic N) is 1. The molecule has 4 saturated carbocycles. The third kappa shape index (κ3) is 8.40. The first-order valence-electron chi connectivity index (χ1n) is 17.6. The Labute approximate surface area is 279 Å². The summed E-state index contributed by atoms with van der Waals surface area (Å²) in [7, 11) is 0. The van der Waals surface area contributed by atoms with Crippen molar-refractivity contribution in [2.24, 2.45) is 34.6 Å². The molecule has 250 valence electrons. The molecule has 4 aliphatic rings. The number of hydrogen-bond donors (Lipinski definition) is 4. The molecule has 6 N–H and O–H groups in total. The van der Waals surface area contributed by atoms with Gasteiger partial charge in [-0.15, -0.1) is 0 Å². The summed E-state index contributed by atoms with van der Waals surface area (Å²) in [6.07, 6.45) is 10.4. The van der Waals surface area contributed by atoms with Crippen LogP contribution in [0.25, 0.3) is 10.8 Å². The number of benzene rings is 3. The van der Waals surface area contributed by atoms with Crippen molar-refractivity contribution in [1.82, 2.24) is 10.2 Å². The predicted molar refractivity (Wildman–Crippen MR) is 187 cm³/mol. The van der Waals surface area contributed by atoms with E-state index in [2.05, 4.69) is 10.6 Å². The van der Waals surface area contributed by atoms with Gasteiger partial charge in [-0.1, -0.05) is 73.2 Å². The molecule has 3 aromatic carbocycles. The highest BCUT2D eigenvalue weighted by molar-refractivity contribution is 6.03. The number of anilines is 1. The van der Waals surface area contributed by atoms with E-state index in [0.717, 1.165) is 71.9 Å². The topological polar surface area (TPSA) is 131 Å². The fraction of sp³-hybridized carbons (Fsp3) is 0.513. The lowest BCUT2D eigenvalue weighted by molar-refractivity contribution is -0.142. The Balaban J connectivity index is 1.22. The second kappa shape index (κ2) is 15.0. The Bertz CT molecular complexity index is 1500. The van der Waals surface area contributed by atoms with Crippen LogP contribution in [0.5, 0.6) is 0 Å². The summed E-state index contributed by atoms with van der Waals surface area (Å²) in [6, 6.07) is 22.7. The number of carbonyl (C=O) groups excluding carboxylic acids is 3. The molecule has 2 atom stereocenters. The molecule has 0 aromatic heterocycles. The lowest BCUT2D eigenvalue weighted by atomic mass is 9.49. The molecule has 4 fully saturated rings. The number of hydrogen-bond acceptors (Lipinski definition) is 5. The number of rotatable bonds is 15. The van der Waals surface area contributed by atoms with Gasteiger partial charge in [0.05, 0.1) is 18.6 Å². The smallest absolute Gasteiger partial charge is 0.244 e. The zero-order valence-corrected chi connectivity index (χ0v) is 27.5. The molecule has 0 saturated heterocycles. The molecule has 8 nitrogen and oxygen atoms in total. The van der Waals surface area contributed by atoms with Crippen molar-refractivity contribution in [3.05, 3.63) is 78.4 Å². The average Bonchev–Trinajstić information content (AvgIpc) is 3.04. The summed E-state index contributed by atoms with van der Waals surface area (Å²) in [5.74, 6) is 1.69. The second-order valence-electron chi connectivity index (χ2n) is 14.7. The van der Waals surface area contributed by atoms with E-state index < -0.39 is 12.1 Å². The van der Waals surface area contributed by atoms with Gasteiger partial charge in [-0.2, -0.15) is 0 Å². The molecule has 4 aliphatic carbocycles. The van der Waals surface area contributed by atoms with E-state index in [0.29, 0.717) is 25.8 Å². The highest BCUT2D eigenvalue weighted by Crippen LogP contribution is 2.61. The van der Waals surface area contributed by atoms with Crippen LogP contribution in [0.15, 0.2) is 72.8 Å². The fourth-order valence-corrected chi connectivity index (χ4v) is 9.16. The number of carbonyl (C=O) groups is 3. The van der Waals surface area contributed by atoms with Crippen molar-refractivity contribution in [1.29, 1.82) is 0 Å². The fourth-order valence-electron chi connectivity index (χ4n) is 9.16. The Morgan fingerprint density at radius 2 is 1.51 bits per heavy atom. The average molecular weight is 638 g/mol. The normalized spacial score (nSPS) is 24.1. The predicted octanol–water partition coefficient (Wildman–Crippen LogP) is 5.40. The van der Waals surface area contributed by atoms with Crippen LogP contribution in [-0.4, -0.2) is 54.3 Å². The van der Waals surface area contributed by atoms with E-state index in [1.54, 1.807) is 4.90 Å². The van der Waals surface area contributed by atoms with Gasteiger partial charge in [0.2, 0.25) is 17.7 Å². The zero-order chi connectivity index (χ0) is 32.8. The van der Waals surface area contributed by atoms with E-state index in [9.17, 15) is 14.4 Å². The minimum atomic E-state index is -0.661. The molecule has 3 aromatic rings. The number of fused-ring (bicyclic) bond motifs is 1. The Morgan fingerprint density at radius 3 is 2.21 bits per heavy atom. The molecule has 7 rings (SSSR count). The number of unbranched alkanes of at least 4 members (excludes halogenated alkanes) is 1. The van der Waals surface area contributed by atoms with E-state index in [4.69, 9.17) is 11.5 Å². The van der Waals surface area contributed by atoms with Crippen LogP contribution in [0, 0.1) is 23.2 Å². The number of nitrogens with two attached hydrogens (primary N) is 2. The van der Waals surface area contributed by atoms with Crippen LogP contribution < -0.4 is 22.1 Å². The summed E-state index contributed by atoms with van der Waals surface area (Å²) in [5, 5.41) is 8.24. The van der Waals surface area contributed by atoms with Crippen molar-refractivity contribution >= 4 is 34.2 Å². The van der Waals surface area contributed by atoms with Crippen LogP contribution in [0.4, 0.5) is 5.69 Å². The third-order valence-corrected chi connectivity index (χ3v) is 10.9. The van der Waals surface area contributed by atoms with Gasteiger partial charge in [0.25, 0.3) is 0 Å². The first-order valence-corrected chi connectivity index (χ1v) is 17.6. The molecular weight excluding hydrogens is 586 g/mol. The van der Waals surface area contributed by atoms with E-state index >= 15 is 0 Å². The summed E-state index contributed by atoms with van der Waals surface area (Å²) >= 11 is 0. The monoisotopic (exact) mass is 637 g/mol. The van der Waals surface area contributed by atoms with Crippen molar-refractivity contribution in [2.75, 3.05) is 25.0 Å². The van der Waals surface area contributed by atoms with Crippen molar-refractivity contribution in [3.8, 4) is 0 Å². The Hall–Kier alpha value is -3.75. The van der Waals surface area contributed by atoms with Crippen molar-refractivity contribution in [3.63, 3.8) is 0 Å². The second-order valence-corrected chi connectivity index (χ2v) is 14.7. The highest BCUT2D eigenvalue weighted by Gasteiger charge is 2.51. The van der Waals surface area contributed by atoms with Crippen LogP contribution in [0.3, 0.4) is 0 Å². The van der Waals surface area contributed by atoms with Crippen molar-refractivity contribution < 1.29 is 14.4 Å². The largest absolute Gasteiger partial charge is 0.350 e. The van der Waals surface area contributed by atoms with Gasteiger partial charge in [-0.25, -0.2) is 0 Å². The quantitative estimate of drug-likeness (QED) is 0.166. The maximum Gasteiger partial charge on any atom is 0.244 e. The maximum absolute atomic E-state index is 14.4. The lowest BCUT2D eigenvalue weighted by Gasteiger charge is -2.57. The van der Waals surface area contributed by atoms with E-state index in [1.165, 1.54) is 19.3 Å². The molecule has 47 heavy (non-hydrogen) atoms. The SMILES string of the molecule is NCCCC[C@H](N)C(=O)N[C@@H](Cc1ccccc1)CN(CC(=O)Nc1cccc2ccccc12)C(=O)CC12CC3CC(CC(C3)C1)C2. The molecule has 0 aliphatic heterocycles.